The van der Waals surface area contributed by atoms with Gasteiger partial charge in [0.2, 0.25) is 5.91 Å². The van der Waals surface area contributed by atoms with E-state index in [9.17, 15) is 4.79 Å². The largest absolute Gasteiger partial charge is 0.357 e. The summed E-state index contributed by atoms with van der Waals surface area (Å²) in [6, 6.07) is 0.316. The zero-order valence-corrected chi connectivity index (χ0v) is 19.5. The monoisotopic (exact) mass is 491 g/mol. The van der Waals surface area contributed by atoms with Crippen molar-refractivity contribution in [1.29, 1.82) is 0 Å². The Morgan fingerprint density at radius 3 is 2.22 bits per heavy atom. The average Bonchev–Trinajstić information content (AvgIpc) is 3.43. The van der Waals surface area contributed by atoms with E-state index in [1.54, 1.807) is 0 Å². The van der Waals surface area contributed by atoms with Crippen LogP contribution in [0.5, 0.6) is 0 Å². The number of halogens is 1. The van der Waals surface area contributed by atoms with E-state index >= 15 is 0 Å². The molecule has 7 heteroatoms. The molecule has 1 unspecified atom stereocenters. The van der Waals surface area contributed by atoms with Crippen molar-refractivity contribution < 1.29 is 4.79 Å². The number of hydrogen-bond donors (Lipinski definition) is 3. The Kier molecular flexibility index (Phi) is 14.3. The second-order valence-electron chi connectivity index (χ2n) is 7.05. The fourth-order valence-corrected chi connectivity index (χ4v) is 2.81. The van der Waals surface area contributed by atoms with Gasteiger partial charge in [0.1, 0.15) is 0 Å². The Bertz CT molecular complexity index is 467. The summed E-state index contributed by atoms with van der Waals surface area (Å²) in [5, 5.41) is 9.53. The predicted molar refractivity (Wildman–Crippen MR) is 126 cm³/mol. The molecular weight excluding hydrogens is 453 g/mol. The van der Waals surface area contributed by atoms with Gasteiger partial charge in [-0.3, -0.25) is 14.7 Å². The molecule has 3 N–H and O–H groups in total. The van der Waals surface area contributed by atoms with Crippen LogP contribution in [0.2, 0.25) is 0 Å². The van der Waals surface area contributed by atoms with Gasteiger partial charge < -0.3 is 16.0 Å². The Hall–Kier alpha value is -1.09. The lowest BCUT2D eigenvalue weighted by Crippen LogP contribution is -2.44. The Balaban J connectivity index is 0.00000676. The van der Waals surface area contributed by atoms with Crippen LogP contribution in [0.1, 0.15) is 33.6 Å². The van der Waals surface area contributed by atoms with Crippen molar-refractivity contribution in [3.8, 4) is 0 Å². The molecule has 156 valence electrons. The molecule has 0 aliphatic heterocycles. The zero-order valence-electron chi connectivity index (χ0n) is 17.2. The fraction of sp³-hybridized carbons (Fsp3) is 0.700. The van der Waals surface area contributed by atoms with Crippen LogP contribution in [0.25, 0.3) is 0 Å². The van der Waals surface area contributed by atoms with Gasteiger partial charge in [-0.2, -0.15) is 0 Å². The first-order valence-electron chi connectivity index (χ1n) is 9.79. The normalized spacial score (nSPS) is 15.1. The lowest BCUT2D eigenvalue weighted by atomic mass is 10.0. The molecule has 0 spiro atoms. The number of nitrogens with one attached hydrogen (secondary N) is 3. The Labute approximate surface area is 182 Å². The molecule has 0 saturated heterocycles. The molecule has 0 heterocycles. The molecule has 1 atom stereocenters. The first kappa shape index (κ1) is 25.9. The third-order valence-electron chi connectivity index (χ3n) is 4.41. The first-order valence-corrected chi connectivity index (χ1v) is 9.79. The third-order valence-corrected chi connectivity index (χ3v) is 4.41. The minimum absolute atomic E-state index is 0. The van der Waals surface area contributed by atoms with E-state index in [4.69, 9.17) is 4.99 Å². The van der Waals surface area contributed by atoms with Crippen LogP contribution in [0.3, 0.4) is 0 Å². The lowest BCUT2D eigenvalue weighted by Gasteiger charge is -2.32. The number of guanidine groups is 1. The second-order valence-corrected chi connectivity index (χ2v) is 7.05. The van der Waals surface area contributed by atoms with Crippen LogP contribution in [-0.2, 0) is 4.79 Å². The highest BCUT2D eigenvalue weighted by atomic mass is 127. The maximum absolute atomic E-state index is 11.7. The minimum atomic E-state index is 0. The van der Waals surface area contributed by atoms with Gasteiger partial charge in [-0.05, 0) is 25.7 Å². The van der Waals surface area contributed by atoms with Crippen LogP contribution < -0.4 is 16.0 Å². The molecule has 1 amide bonds. The molecule has 0 aromatic rings. The highest BCUT2D eigenvalue weighted by Gasteiger charge is 2.29. The van der Waals surface area contributed by atoms with Gasteiger partial charge in [0, 0.05) is 44.7 Å². The van der Waals surface area contributed by atoms with Crippen molar-refractivity contribution in [2.75, 3.05) is 39.3 Å². The molecule has 0 radical (unpaired) electrons. The van der Waals surface area contributed by atoms with Crippen molar-refractivity contribution in [2.24, 2.45) is 16.8 Å². The summed E-state index contributed by atoms with van der Waals surface area (Å²) < 4.78 is 0. The molecule has 1 saturated carbocycles. The predicted octanol–water partition coefficient (Wildman–Crippen LogP) is 2.38. The SMILES string of the molecule is C=CCN(CC=C)C(CN=C(NCC)NCCNC(=O)C1CC1)C(C)C.I. The molecule has 0 aromatic carbocycles. The number of nitrogens with zero attached hydrogens (tertiary/aromatic N) is 2. The first-order chi connectivity index (χ1) is 12.5. The van der Waals surface area contributed by atoms with E-state index in [2.05, 4.69) is 47.9 Å². The molecule has 27 heavy (non-hydrogen) atoms. The van der Waals surface area contributed by atoms with Crippen molar-refractivity contribution in [2.45, 2.75) is 39.7 Å². The van der Waals surface area contributed by atoms with E-state index in [0.717, 1.165) is 38.4 Å². The van der Waals surface area contributed by atoms with Crippen molar-refractivity contribution in [3.05, 3.63) is 25.3 Å². The summed E-state index contributed by atoms with van der Waals surface area (Å²) in [5.41, 5.74) is 0. The summed E-state index contributed by atoms with van der Waals surface area (Å²) >= 11 is 0. The number of carbonyl (C=O) groups excluding carboxylic acids is 1. The highest BCUT2D eigenvalue weighted by molar-refractivity contribution is 14.0. The van der Waals surface area contributed by atoms with Gasteiger partial charge in [0.05, 0.1) is 6.54 Å². The standard InChI is InChI=1S/C20H37N5O.HI/c1-6-13-25(14-7-2)18(16(4)5)15-24-20(21-8-3)23-12-11-22-19(26)17-9-10-17;/h6-7,16-18H,1-2,8-15H2,3-5H3,(H,22,26)(H2,21,23,24);1H. The van der Waals surface area contributed by atoms with Crippen LogP contribution >= 0.6 is 24.0 Å². The molecule has 1 aliphatic carbocycles. The number of rotatable bonds is 13. The van der Waals surface area contributed by atoms with Gasteiger partial charge in [-0.15, -0.1) is 37.1 Å². The van der Waals surface area contributed by atoms with E-state index in [0.29, 0.717) is 31.6 Å². The van der Waals surface area contributed by atoms with Crippen LogP contribution in [0.4, 0.5) is 0 Å². The topological polar surface area (TPSA) is 68.8 Å². The zero-order chi connectivity index (χ0) is 19.4. The Morgan fingerprint density at radius 2 is 1.74 bits per heavy atom. The van der Waals surface area contributed by atoms with E-state index in [1.807, 2.05) is 19.1 Å². The molecule has 1 rings (SSSR count). The van der Waals surface area contributed by atoms with Crippen molar-refractivity contribution in [1.82, 2.24) is 20.9 Å². The van der Waals surface area contributed by atoms with E-state index in [-0.39, 0.29) is 35.8 Å². The molecule has 0 bridgehead atoms. The minimum Gasteiger partial charge on any atom is -0.357 e. The number of hydrogen-bond acceptors (Lipinski definition) is 3. The highest BCUT2D eigenvalue weighted by Crippen LogP contribution is 2.28. The fourth-order valence-electron chi connectivity index (χ4n) is 2.81. The quantitative estimate of drug-likeness (QED) is 0.122. The van der Waals surface area contributed by atoms with Crippen LogP contribution in [-0.4, -0.2) is 62.1 Å². The average molecular weight is 491 g/mol. The molecule has 6 nitrogen and oxygen atoms in total. The molecule has 1 aliphatic rings. The molecule has 0 aromatic heterocycles. The van der Waals surface area contributed by atoms with Crippen LogP contribution in [0.15, 0.2) is 30.3 Å². The van der Waals surface area contributed by atoms with E-state index < -0.39 is 0 Å². The van der Waals surface area contributed by atoms with Gasteiger partial charge in [0.15, 0.2) is 5.96 Å². The van der Waals surface area contributed by atoms with Gasteiger partial charge >= 0.3 is 0 Å². The summed E-state index contributed by atoms with van der Waals surface area (Å²) in [6.45, 7) is 18.6. The van der Waals surface area contributed by atoms with Gasteiger partial charge in [-0.1, -0.05) is 26.0 Å². The molecular formula is C20H38IN5O. The van der Waals surface area contributed by atoms with Crippen LogP contribution in [0, 0.1) is 11.8 Å². The van der Waals surface area contributed by atoms with Gasteiger partial charge in [-0.25, -0.2) is 0 Å². The summed E-state index contributed by atoms with van der Waals surface area (Å²) in [6.07, 6.45) is 5.92. The third kappa shape index (κ3) is 10.7. The number of carbonyl (C=O) groups is 1. The smallest absolute Gasteiger partial charge is 0.223 e. The van der Waals surface area contributed by atoms with Crippen molar-refractivity contribution in [3.63, 3.8) is 0 Å². The van der Waals surface area contributed by atoms with Crippen molar-refractivity contribution >= 4 is 35.8 Å². The van der Waals surface area contributed by atoms with Gasteiger partial charge in [0.25, 0.3) is 0 Å². The maximum Gasteiger partial charge on any atom is 0.223 e. The number of amides is 1. The molecule has 1 fully saturated rings. The summed E-state index contributed by atoms with van der Waals surface area (Å²) in [7, 11) is 0. The van der Waals surface area contributed by atoms with E-state index in [1.165, 1.54) is 0 Å². The maximum atomic E-state index is 11.7. The second kappa shape index (κ2) is 14.9. The number of aliphatic imine (C=N–C) groups is 1. The Morgan fingerprint density at radius 1 is 1.15 bits per heavy atom. The summed E-state index contributed by atoms with van der Waals surface area (Å²) in [4.78, 5) is 18.8. The summed E-state index contributed by atoms with van der Waals surface area (Å²) in [5.74, 6) is 1.69. The lowest BCUT2D eigenvalue weighted by molar-refractivity contribution is -0.122.